The van der Waals surface area contributed by atoms with Crippen molar-refractivity contribution in [2.45, 2.75) is 46.2 Å². The summed E-state index contributed by atoms with van der Waals surface area (Å²) in [7, 11) is 6.29. The van der Waals surface area contributed by atoms with E-state index in [2.05, 4.69) is 19.1 Å². The first kappa shape index (κ1) is 30.8. The van der Waals surface area contributed by atoms with Gasteiger partial charge in [0.25, 0.3) is 5.91 Å². The summed E-state index contributed by atoms with van der Waals surface area (Å²) in [5.41, 5.74) is 1.41. The Kier molecular flexibility index (Phi) is 11.3. The minimum atomic E-state index is -0.256. The Labute approximate surface area is 241 Å². The van der Waals surface area contributed by atoms with E-state index in [9.17, 15) is 9.59 Å². The lowest BCUT2D eigenvalue weighted by molar-refractivity contribution is -0.132. The molecule has 2 amide bonds. The van der Waals surface area contributed by atoms with E-state index in [0.717, 1.165) is 10.4 Å². The summed E-state index contributed by atoms with van der Waals surface area (Å²) in [6.07, 6.45) is 1.33. The summed E-state index contributed by atoms with van der Waals surface area (Å²) < 4.78 is 21.6. The monoisotopic (exact) mass is 568 g/mol. The van der Waals surface area contributed by atoms with Gasteiger partial charge in [0.2, 0.25) is 5.91 Å². The van der Waals surface area contributed by atoms with Crippen molar-refractivity contribution >= 4 is 23.2 Å². The Morgan fingerprint density at radius 1 is 0.875 bits per heavy atom. The number of aryl methyl sites for hydroxylation is 1. The molecule has 216 valence electrons. The van der Waals surface area contributed by atoms with Gasteiger partial charge in [0.05, 0.1) is 40.5 Å². The van der Waals surface area contributed by atoms with Gasteiger partial charge < -0.3 is 28.7 Å². The van der Waals surface area contributed by atoms with Crippen LogP contribution in [0.5, 0.6) is 23.0 Å². The van der Waals surface area contributed by atoms with Gasteiger partial charge in [-0.1, -0.05) is 13.0 Å². The second kappa shape index (κ2) is 14.6. The van der Waals surface area contributed by atoms with Crippen LogP contribution in [0.15, 0.2) is 48.5 Å². The summed E-state index contributed by atoms with van der Waals surface area (Å²) in [6.45, 7) is 6.93. The predicted molar refractivity (Wildman–Crippen MR) is 158 cm³/mol. The first-order chi connectivity index (χ1) is 19.2. The number of hydrogen-bond acceptors (Lipinski definition) is 7. The fourth-order valence-electron chi connectivity index (χ4n) is 4.37. The number of amides is 2. The van der Waals surface area contributed by atoms with Crippen LogP contribution >= 0.6 is 11.3 Å². The van der Waals surface area contributed by atoms with Gasteiger partial charge in [-0.15, -0.1) is 11.3 Å². The van der Waals surface area contributed by atoms with Crippen LogP contribution in [0.25, 0.3) is 0 Å². The Bertz CT molecular complexity index is 1290. The molecule has 2 aromatic carbocycles. The van der Waals surface area contributed by atoms with E-state index in [4.69, 9.17) is 18.9 Å². The largest absolute Gasteiger partial charge is 0.497 e. The Hall–Kier alpha value is -3.72. The van der Waals surface area contributed by atoms with Crippen LogP contribution in [-0.2, 0) is 17.8 Å². The minimum Gasteiger partial charge on any atom is -0.497 e. The molecule has 0 bridgehead atoms. The highest BCUT2D eigenvalue weighted by atomic mass is 32.1. The fraction of sp³-hybridized carbons (Fsp3) is 0.419. The summed E-state index contributed by atoms with van der Waals surface area (Å²) in [5, 5.41) is 0. The van der Waals surface area contributed by atoms with Crippen molar-refractivity contribution in [3.05, 3.63) is 69.4 Å². The first-order valence-electron chi connectivity index (χ1n) is 13.3. The number of methoxy groups -OCH3 is 4. The van der Waals surface area contributed by atoms with Crippen LogP contribution < -0.4 is 18.9 Å². The molecule has 0 fully saturated rings. The molecule has 0 aliphatic heterocycles. The van der Waals surface area contributed by atoms with Gasteiger partial charge in [0.1, 0.15) is 18.0 Å². The Morgan fingerprint density at radius 3 is 2.20 bits per heavy atom. The number of nitrogens with zero attached hydrogens (tertiary/aromatic N) is 2. The van der Waals surface area contributed by atoms with Crippen molar-refractivity contribution in [1.29, 1.82) is 0 Å². The molecule has 3 aromatic rings. The van der Waals surface area contributed by atoms with Gasteiger partial charge in [-0.05, 0) is 68.7 Å². The maximum Gasteiger partial charge on any atom is 0.258 e. The first-order valence-corrected chi connectivity index (χ1v) is 14.1. The number of benzene rings is 2. The molecule has 1 aromatic heterocycles. The molecule has 9 heteroatoms. The standard InChI is InChI=1S/C31H40N2O6S/c1-8-21(2)33(31(35)26-13-11-24(36-4)18-28(26)38-6)20-30(34)32(19-25-12-9-22(3)40-25)16-15-23-10-14-27(37-5)29(17-23)39-7/h9-14,17-18,21H,8,15-16,19-20H2,1-7H3. The van der Waals surface area contributed by atoms with E-state index in [1.54, 1.807) is 55.8 Å². The third-order valence-corrected chi connectivity index (χ3v) is 7.93. The van der Waals surface area contributed by atoms with Crippen LogP contribution in [0.2, 0.25) is 0 Å². The zero-order valence-electron chi connectivity index (χ0n) is 24.5. The van der Waals surface area contributed by atoms with E-state index in [1.165, 1.54) is 12.0 Å². The average molecular weight is 569 g/mol. The number of hydrogen-bond donors (Lipinski definition) is 0. The zero-order chi connectivity index (χ0) is 29.2. The van der Waals surface area contributed by atoms with E-state index in [0.29, 0.717) is 54.5 Å². The highest BCUT2D eigenvalue weighted by molar-refractivity contribution is 7.11. The predicted octanol–water partition coefficient (Wildman–Crippen LogP) is 5.60. The van der Waals surface area contributed by atoms with E-state index < -0.39 is 0 Å². The summed E-state index contributed by atoms with van der Waals surface area (Å²) in [5.74, 6) is 1.93. The number of carbonyl (C=O) groups excluding carboxylic acids is 2. The smallest absolute Gasteiger partial charge is 0.258 e. The zero-order valence-corrected chi connectivity index (χ0v) is 25.3. The van der Waals surface area contributed by atoms with Gasteiger partial charge in [-0.3, -0.25) is 9.59 Å². The number of rotatable bonds is 14. The van der Waals surface area contributed by atoms with Gasteiger partial charge in [0.15, 0.2) is 11.5 Å². The molecule has 0 N–H and O–H groups in total. The lowest BCUT2D eigenvalue weighted by atomic mass is 10.1. The SMILES string of the molecule is CCC(C)N(CC(=O)N(CCc1ccc(OC)c(OC)c1)Cc1ccc(C)s1)C(=O)c1ccc(OC)cc1OC. The quantitative estimate of drug-likeness (QED) is 0.252. The molecular weight excluding hydrogens is 528 g/mol. The van der Waals surface area contributed by atoms with Crippen LogP contribution in [0.4, 0.5) is 0 Å². The van der Waals surface area contributed by atoms with E-state index in [1.807, 2.05) is 36.9 Å². The molecule has 1 atom stereocenters. The molecule has 0 radical (unpaired) electrons. The van der Waals surface area contributed by atoms with Crippen LogP contribution in [-0.4, -0.2) is 69.2 Å². The topological polar surface area (TPSA) is 77.5 Å². The molecule has 0 aliphatic rings. The number of thiophene rings is 1. The highest BCUT2D eigenvalue weighted by Gasteiger charge is 2.28. The average Bonchev–Trinajstić information content (AvgIpc) is 3.40. The van der Waals surface area contributed by atoms with Gasteiger partial charge in [-0.25, -0.2) is 0 Å². The summed E-state index contributed by atoms with van der Waals surface area (Å²) in [6, 6.07) is 14.8. The Balaban J connectivity index is 1.86. The molecule has 1 unspecified atom stereocenters. The lowest BCUT2D eigenvalue weighted by Crippen LogP contribution is -2.46. The third kappa shape index (κ3) is 7.69. The fourth-order valence-corrected chi connectivity index (χ4v) is 5.28. The maximum absolute atomic E-state index is 13.9. The molecule has 0 spiro atoms. The van der Waals surface area contributed by atoms with Crippen molar-refractivity contribution in [2.75, 3.05) is 41.5 Å². The summed E-state index contributed by atoms with van der Waals surface area (Å²) in [4.78, 5) is 33.4. The van der Waals surface area contributed by atoms with Crippen LogP contribution in [0.3, 0.4) is 0 Å². The normalized spacial score (nSPS) is 11.5. The molecule has 0 aliphatic carbocycles. The van der Waals surface area contributed by atoms with Crippen molar-refractivity contribution in [3.8, 4) is 23.0 Å². The minimum absolute atomic E-state index is 0.0423. The second-order valence-corrected chi connectivity index (χ2v) is 10.9. The summed E-state index contributed by atoms with van der Waals surface area (Å²) >= 11 is 1.67. The molecule has 0 saturated heterocycles. The van der Waals surface area contributed by atoms with Crippen molar-refractivity contribution in [2.24, 2.45) is 0 Å². The Morgan fingerprint density at radius 2 is 1.60 bits per heavy atom. The van der Waals surface area contributed by atoms with Crippen LogP contribution in [0.1, 0.15) is 45.9 Å². The molecule has 8 nitrogen and oxygen atoms in total. The van der Waals surface area contributed by atoms with Crippen molar-refractivity contribution < 1.29 is 28.5 Å². The van der Waals surface area contributed by atoms with Gasteiger partial charge in [-0.2, -0.15) is 0 Å². The molecule has 0 saturated carbocycles. The highest BCUT2D eigenvalue weighted by Crippen LogP contribution is 2.29. The molecule has 40 heavy (non-hydrogen) atoms. The van der Waals surface area contributed by atoms with Crippen molar-refractivity contribution in [3.63, 3.8) is 0 Å². The number of ether oxygens (including phenoxy) is 4. The van der Waals surface area contributed by atoms with Gasteiger partial charge in [0, 0.05) is 28.4 Å². The molecule has 3 rings (SSSR count). The van der Waals surface area contributed by atoms with Gasteiger partial charge >= 0.3 is 0 Å². The van der Waals surface area contributed by atoms with E-state index >= 15 is 0 Å². The number of carbonyl (C=O) groups is 2. The van der Waals surface area contributed by atoms with Crippen molar-refractivity contribution in [1.82, 2.24) is 9.80 Å². The second-order valence-electron chi connectivity index (χ2n) is 9.52. The van der Waals surface area contributed by atoms with E-state index in [-0.39, 0.29) is 24.4 Å². The third-order valence-electron chi connectivity index (χ3n) is 6.94. The molecule has 1 heterocycles. The lowest BCUT2D eigenvalue weighted by Gasteiger charge is -2.31. The maximum atomic E-state index is 13.9. The molecular formula is C31H40N2O6S. The van der Waals surface area contributed by atoms with Crippen LogP contribution in [0, 0.1) is 6.92 Å².